The Morgan fingerprint density at radius 2 is 2.28 bits per heavy atom. The lowest BCUT2D eigenvalue weighted by molar-refractivity contribution is 0.0520. The molecule has 0 spiro atoms. The van der Waals surface area contributed by atoms with E-state index in [1.807, 2.05) is 0 Å². The Labute approximate surface area is 101 Å². The van der Waals surface area contributed by atoms with Crippen LogP contribution in [-0.4, -0.2) is 33.1 Å². The number of esters is 1. The summed E-state index contributed by atoms with van der Waals surface area (Å²) in [5, 5.41) is 19.3. The van der Waals surface area contributed by atoms with E-state index in [1.54, 1.807) is 6.92 Å². The molecule has 18 heavy (non-hydrogen) atoms. The van der Waals surface area contributed by atoms with Crippen molar-refractivity contribution >= 4 is 5.97 Å². The van der Waals surface area contributed by atoms with E-state index >= 15 is 0 Å². The molecule has 7 heteroatoms. The van der Waals surface area contributed by atoms with E-state index in [1.165, 1.54) is 6.07 Å². The molecule has 0 saturated heterocycles. The van der Waals surface area contributed by atoms with Crippen molar-refractivity contribution in [3.05, 3.63) is 29.7 Å². The molecule has 0 fully saturated rings. The average Bonchev–Trinajstić information content (AvgIpc) is 2.81. The molecule has 0 aliphatic heterocycles. The monoisotopic (exact) mass is 251 g/mol. The number of aromatic nitrogens is 3. The van der Waals surface area contributed by atoms with Crippen molar-refractivity contribution in [2.45, 2.75) is 6.92 Å². The third-order valence-electron chi connectivity index (χ3n) is 2.23. The Bertz CT molecular complexity index is 583. The van der Waals surface area contributed by atoms with E-state index in [0.29, 0.717) is 0 Å². The van der Waals surface area contributed by atoms with Gasteiger partial charge in [-0.15, -0.1) is 5.10 Å². The fraction of sp³-hybridized carbons (Fsp3) is 0.182. The lowest BCUT2D eigenvalue weighted by atomic mass is 10.1. The molecule has 94 valence electrons. The quantitative estimate of drug-likeness (QED) is 0.807. The van der Waals surface area contributed by atoms with Gasteiger partial charge in [0.2, 0.25) is 0 Å². The maximum Gasteiger partial charge on any atom is 0.361 e. The average molecular weight is 251 g/mol. The summed E-state index contributed by atoms with van der Waals surface area (Å²) in [6, 6.07) is 3.34. The van der Waals surface area contributed by atoms with Crippen LogP contribution in [0.1, 0.15) is 17.4 Å². The lowest BCUT2D eigenvalue weighted by Gasteiger charge is -2.03. The molecule has 2 rings (SSSR count). The van der Waals surface area contributed by atoms with E-state index in [-0.39, 0.29) is 29.3 Å². The van der Waals surface area contributed by atoms with Crippen molar-refractivity contribution < 1.29 is 19.0 Å². The zero-order chi connectivity index (χ0) is 13.1. The molecule has 1 heterocycles. The van der Waals surface area contributed by atoms with Gasteiger partial charge < -0.3 is 9.84 Å². The number of hydrogen-bond donors (Lipinski definition) is 2. The van der Waals surface area contributed by atoms with Crippen molar-refractivity contribution in [1.29, 1.82) is 0 Å². The van der Waals surface area contributed by atoms with Crippen LogP contribution in [0.3, 0.4) is 0 Å². The second kappa shape index (κ2) is 4.82. The maximum atomic E-state index is 13.1. The van der Waals surface area contributed by atoms with Gasteiger partial charge in [0.1, 0.15) is 17.3 Å². The highest BCUT2D eigenvalue weighted by Gasteiger charge is 2.21. The third-order valence-corrected chi connectivity index (χ3v) is 2.23. The van der Waals surface area contributed by atoms with Gasteiger partial charge in [-0.3, -0.25) is 0 Å². The fourth-order valence-electron chi connectivity index (χ4n) is 1.46. The lowest BCUT2D eigenvalue weighted by Crippen LogP contribution is -2.06. The molecule has 1 aromatic heterocycles. The van der Waals surface area contributed by atoms with Crippen LogP contribution in [0.25, 0.3) is 11.3 Å². The number of hydrogen-bond acceptors (Lipinski definition) is 5. The van der Waals surface area contributed by atoms with Crippen molar-refractivity contribution in [3.63, 3.8) is 0 Å². The molecule has 2 N–H and O–H groups in total. The molecular formula is C11H10FN3O3. The van der Waals surface area contributed by atoms with Crippen LogP contribution in [0, 0.1) is 5.82 Å². The molecule has 0 radical (unpaired) electrons. The van der Waals surface area contributed by atoms with Gasteiger partial charge in [-0.25, -0.2) is 9.18 Å². The van der Waals surface area contributed by atoms with Gasteiger partial charge in [-0.1, -0.05) is 0 Å². The first-order valence-electron chi connectivity index (χ1n) is 5.20. The van der Waals surface area contributed by atoms with E-state index in [0.717, 1.165) is 12.1 Å². The number of ether oxygens (including phenoxy) is 1. The summed E-state index contributed by atoms with van der Waals surface area (Å²) in [4.78, 5) is 11.6. The molecule has 0 aliphatic carbocycles. The van der Waals surface area contributed by atoms with Crippen molar-refractivity contribution in [2.75, 3.05) is 6.61 Å². The molecule has 6 nitrogen and oxygen atoms in total. The largest absolute Gasteiger partial charge is 0.507 e. The molecule has 2 aromatic rings. The van der Waals surface area contributed by atoms with Gasteiger partial charge in [0.25, 0.3) is 0 Å². The van der Waals surface area contributed by atoms with Crippen LogP contribution >= 0.6 is 0 Å². The molecule has 0 unspecified atom stereocenters. The second-order valence-electron chi connectivity index (χ2n) is 3.40. The second-order valence-corrected chi connectivity index (χ2v) is 3.40. The highest BCUT2D eigenvalue weighted by molar-refractivity contribution is 5.94. The molecular weight excluding hydrogens is 241 g/mol. The Hall–Kier alpha value is -2.44. The molecule has 1 aromatic carbocycles. The van der Waals surface area contributed by atoms with Crippen LogP contribution < -0.4 is 0 Å². The first kappa shape index (κ1) is 12.0. The van der Waals surface area contributed by atoms with Crippen LogP contribution in [0.5, 0.6) is 5.75 Å². The fourth-order valence-corrected chi connectivity index (χ4v) is 1.46. The molecule has 0 bridgehead atoms. The summed E-state index contributed by atoms with van der Waals surface area (Å²) in [6.45, 7) is 1.83. The normalized spacial score (nSPS) is 10.3. The highest BCUT2D eigenvalue weighted by atomic mass is 19.1. The summed E-state index contributed by atoms with van der Waals surface area (Å²) in [7, 11) is 0. The summed E-state index contributed by atoms with van der Waals surface area (Å²) >= 11 is 0. The number of phenols is 1. The number of benzene rings is 1. The minimum absolute atomic E-state index is 0.0467. The molecule has 0 atom stereocenters. The van der Waals surface area contributed by atoms with Gasteiger partial charge in [0, 0.05) is 5.56 Å². The number of nitrogens with zero attached hydrogens (tertiary/aromatic N) is 2. The van der Waals surface area contributed by atoms with E-state index in [2.05, 4.69) is 15.4 Å². The zero-order valence-electron chi connectivity index (χ0n) is 9.48. The zero-order valence-corrected chi connectivity index (χ0v) is 9.48. The highest BCUT2D eigenvalue weighted by Crippen LogP contribution is 2.29. The first-order chi connectivity index (χ1) is 8.63. The number of rotatable bonds is 3. The summed E-state index contributed by atoms with van der Waals surface area (Å²) in [6.07, 6.45) is 0. The van der Waals surface area contributed by atoms with Crippen molar-refractivity contribution in [3.8, 4) is 17.0 Å². The van der Waals surface area contributed by atoms with Gasteiger partial charge in [0.05, 0.1) is 6.61 Å². The summed E-state index contributed by atoms with van der Waals surface area (Å²) < 4.78 is 17.9. The van der Waals surface area contributed by atoms with Crippen molar-refractivity contribution in [2.24, 2.45) is 0 Å². The topological polar surface area (TPSA) is 88.1 Å². The SMILES string of the molecule is CCOC(=O)c1n[nH]nc1-c1cc(F)ccc1O. The summed E-state index contributed by atoms with van der Waals surface area (Å²) in [5.74, 6) is -1.44. The molecule has 0 saturated carbocycles. The number of carbonyl (C=O) groups is 1. The predicted molar refractivity (Wildman–Crippen MR) is 59.4 cm³/mol. The third kappa shape index (κ3) is 2.15. The Morgan fingerprint density at radius 1 is 1.50 bits per heavy atom. The Kier molecular flexibility index (Phi) is 3.22. The van der Waals surface area contributed by atoms with Crippen LogP contribution in [0.2, 0.25) is 0 Å². The predicted octanol–water partition coefficient (Wildman–Crippen LogP) is 1.49. The number of H-pyrrole nitrogens is 1. The van der Waals surface area contributed by atoms with Gasteiger partial charge in [-0.2, -0.15) is 10.3 Å². The van der Waals surface area contributed by atoms with Crippen LogP contribution in [0.4, 0.5) is 4.39 Å². The molecule has 0 aliphatic rings. The number of aromatic hydroxyl groups is 1. The number of phenolic OH excluding ortho intramolecular Hbond substituents is 1. The van der Waals surface area contributed by atoms with Crippen molar-refractivity contribution in [1.82, 2.24) is 15.4 Å². The maximum absolute atomic E-state index is 13.1. The molecule has 0 amide bonds. The van der Waals surface area contributed by atoms with Gasteiger partial charge in [-0.05, 0) is 25.1 Å². The van der Waals surface area contributed by atoms with Gasteiger partial charge >= 0.3 is 5.97 Å². The first-order valence-corrected chi connectivity index (χ1v) is 5.20. The van der Waals surface area contributed by atoms with E-state index in [4.69, 9.17) is 4.74 Å². The Morgan fingerprint density at radius 3 is 3.00 bits per heavy atom. The minimum Gasteiger partial charge on any atom is -0.507 e. The van der Waals surface area contributed by atoms with E-state index < -0.39 is 11.8 Å². The number of nitrogens with one attached hydrogen (secondary N) is 1. The standard InChI is InChI=1S/C11H10FN3O3/c1-2-18-11(17)10-9(13-15-14-10)7-5-6(12)3-4-8(7)16/h3-5,16H,2H2,1H3,(H,13,14,15). The van der Waals surface area contributed by atoms with Crippen LogP contribution in [-0.2, 0) is 4.74 Å². The smallest absolute Gasteiger partial charge is 0.361 e. The number of halogens is 1. The van der Waals surface area contributed by atoms with Gasteiger partial charge in [0.15, 0.2) is 5.69 Å². The Balaban J connectivity index is 2.48. The van der Waals surface area contributed by atoms with Crippen LogP contribution in [0.15, 0.2) is 18.2 Å². The van der Waals surface area contributed by atoms with E-state index in [9.17, 15) is 14.3 Å². The minimum atomic E-state index is -0.690. The number of aromatic amines is 1. The number of carbonyl (C=O) groups excluding carboxylic acids is 1. The summed E-state index contributed by atoms with van der Waals surface area (Å²) in [5.41, 5.74) is 0.0232.